The molecule has 2 aromatic heterocycles. The van der Waals surface area contributed by atoms with Gasteiger partial charge in [0.15, 0.2) is 5.65 Å². The van der Waals surface area contributed by atoms with Crippen molar-refractivity contribution in [3.63, 3.8) is 0 Å². The molecule has 0 radical (unpaired) electrons. The number of hydrogen-bond acceptors (Lipinski definition) is 5. The molecule has 1 aliphatic carbocycles. The first-order valence-corrected chi connectivity index (χ1v) is 11.4. The zero-order chi connectivity index (χ0) is 24.0. The lowest BCUT2D eigenvalue weighted by atomic mass is 9.80. The largest absolute Gasteiger partial charge is 0.444 e. The van der Waals surface area contributed by atoms with Crippen LogP contribution in [0.4, 0.5) is 18.0 Å². The van der Waals surface area contributed by atoms with Gasteiger partial charge in [0.2, 0.25) is 0 Å². The van der Waals surface area contributed by atoms with E-state index in [4.69, 9.17) is 14.6 Å². The van der Waals surface area contributed by atoms with Gasteiger partial charge in [-0.25, -0.2) is 14.3 Å². The van der Waals surface area contributed by atoms with E-state index >= 15 is 0 Å². The maximum atomic E-state index is 13.0. The van der Waals surface area contributed by atoms with Crippen molar-refractivity contribution < 1.29 is 27.4 Å². The Kier molecular flexibility index (Phi) is 6.32. The molecule has 3 heterocycles. The van der Waals surface area contributed by atoms with Gasteiger partial charge < -0.3 is 14.4 Å². The molecule has 0 spiro atoms. The fraction of sp³-hybridized carbons (Fsp3) is 0.696. The fourth-order valence-corrected chi connectivity index (χ4v) is 4.61. The number of hydrogen-bond donors (Lipinski definition) is 0. The van der Waals surface area contributed by atoms with Crippen LogP contribution in [0.3, 0.4) is 0 Å². The Balaban J connectivity index is 1.55. The van der Waals surface area contributed by atoms with Crippen LogP contribution < -0.4 is 0 Å². The van der Waals surface area contributed by atoms with Gasteiger partial charge >= 0.3 is 12.3 Å². The van der Waals surface area contributed by atoms with E-state index in [1.165, 1.54) is 0 Å². The molecule has 0 bridgehead atoms. The van der Waals surface area contributed by atoms with Gasteiger partial charge in [-0.05, 0) is 59.4 Å². The molecule has 0 unspecified atom stereocenters. The van der Waals surface area contributed by atoms with Crippen LogP contribution in [0.25, 0.3) is 5.65 Å². The summed E-state index contributed by atoms with van der Waals surface area (Å²) in [6, 6.07) is 3.75. The molecule has 0 aromatic carbocycles. The van der Waals surface area contributed by atoms with E-state index in [1.807, 2.05) is 39.8 Å². The second-order valence-corrected chi connectivity index (χ2v) is 10.0. The van der Waals surface area contributed by atoms with E-state index in [9.17, 15) is 18.0 Å². The zero-order valence-corrected chi connectivity index (χ0v) is 19.5. The van der Waals surface area contributed by atoms with Gasteiger partial charge in [0.1, 0.15) is 11.7 Å². The molecule has 4 rings (SSSR count). The summed E-state index contributed by atoms with van der Waals surface area (Å²) in [6.45, 7) is 8.47. The van der Waals surface area contributed by atoms with Crippen molar-refractivity contribution in [3.05, 3.63) is 29.2 Å². The summed E-state index contributed by atoms with van der Waals surface area (Å²) in [5.74, 6) is -1.25. The zero-order valence-electron chi connectivity index (χ0n) is 19.5. The molecule has 2 fully saturated rings. The summed E-state index contributed by atoms with van der Waals surface area (Å²) < 4.78 is 52.3. The Morgan fingerprint density at radius 3 is 2.48 bits per heavy atom. The quantitative estimate of drug-likeness (QED) is 0.607. The van der Waals surface area contributed by atoms with E-state index in [0.717, 1.165) is 17.1 Å². The van der Waals surface area contributed by atoms with Crippen LogP contribution in [0.2, 0.25) is 0 Å². The monoisotopic (exact) mass is 468 g/mol. The van der Waals surface area contributed by atoms with Crippen molar-refractivity contribution >= 4 is 11.7 Å². The number of halogens is 3. The van der Waals surface area contributed by atoms with E-state index in [-0.39, 0.29) is 24.9 Å². The van der Waals surface area contributed by atoms with Crippen molar-refractivity contribution in [2.45, 2.75) is 77.2 Å². The molecule has 7 nitrogen and oxygen atoms in total. The Morgan fingerprint density at radius 2 is 1.85 bits per heavy atom. The van der Waals surface area contributed by atoms with Crippen LogP contribution in [0.1, 0.15) is 75.6 Å². The number of ether oxygens (including phenoxy) is 2. The summed E-state index contributed by atoms with van der Waals surface area (Å²) in [5.41, 5.74) is 2.35. The summed E-state index contributed by atoms with van der Waals surface area (Å²) in [7, 11) is 0. The summed E-state index contributed by atoms with van der Waals surface area (Å²) >= 11 is 0. The second kappa shape index (κ2) is 8.77. The molecule has 10 heteroatoms. The predicted molar refractivity (Wildman–Crippen MR) is 115 cm³/mol. The molecule has 1 amide bonds. The molecular weight excluding hydrogens is 437 g/mol. The van der Waals surface area contributed by atoms with Crippen LogP contribution in [0.15, 0.2) is 12.1 Å². The third kappa shape index (κ3) is 5.42. The second-order valence-electron chi connectivity index (χ2n) is 10.0. The first kappa shape index (κ1) is 23.8. The van der Waals surface area contributed by atoms with Gasteiger partial charge in [-0.15, -0.1) is 0 Å². The number of alkyl halides is 3. The molecule has 1 atom stereocenters. The van der Waals surface area contributed by atoms with Crippen molar-refractivity contribution in [2.24, 2.45) is 5.92 Å². The standard InChI is InChI=1S/C23H31F3N4O3/c1-14-11-18(19-13-29(9-10-32-19)21(31)33-22(2,3)4)30-20(27-14)12-17(28-30)15-5-7-16(8-6-15)23(24,25)26/h11-12,15-16,19H,5-10,13H2,1-4H3/t15?,16?,19-/m1/s1. The van der Waals surface area contributed by atoms with Crippen molar-refractivity contribution in [2.75, 3.05) is 19.7 Å². The average molecular weight is 469 g/mol. The lowest BCUT2D eigenvalue weighted by molar-refractivity contribution is -0.182. The molecule has 33 heavy (non-hydrogen) atoms. The maximum Gasteiger partial charge on any atom is 0.410 e. The highest BCUT2D eigenvalue weighted by atomic mass is 19.4. The SMILES string of the molecule is Cc1cc([C@H]2CN(C(=O)OC(C)(C)C)CCO2)n2nc(C3CCC(C(F)(F)F)CC3)cc2n1. The van der Waals surface area contributed by atoms with Gasteiger partial charge in [-0.2, -0.15) is 18.3 Å². The van der Waals surface area contributed by atoms with Gasteiger partial charge in [0, 0.05) is 24.2 Å². The molecule has 0 N–H and O–H groups in total. The summed E-state index contributed by atoms with van der Waals surface area (Å²) in [5, 5.41) is 4.73. The third-order valence-electron chi connectivity index (χ3n) is 6.26. The lowest BCUT2D eigenvalue weighted by Gasteiger charge is -2.34. The van der Waals surface area contributed by atoms with Crippen molar-refractivity contribution in [1.82, 2.24) is 19.5 Å². The number of amides is 1. The number of rotatable bonds is 2. The minimum absolute atomic E-state index is 0.0241. The molecule has 1 saturated carbocycles. The molecule has 2 aromatic rings. The van der Waals surface area contributed by atoms with E-state index < -0.39 is 23.8 Å². The number of morpholine rings is 1. The normalized spacial score (nSPS) is 24.8. The molecule has 2 aliphatic rings. The number of fused-ring (bicyclic) bond motifs is 1. The van der Waals surface area contributed by atoms with E-state index in [1.54, 1.807) is 9.42 Å². The Hall–Kier alpha value is -2.36. The fourth-order valence-electron chi connectivity index (χ4n) is 4.61. The summed E-state index contributed by atoms with van der Waals surface area (Å²) in [4.78, 5) is 18.8. The van der Waals surface area contributed by atoms with Crippen LogP contribution in [-0.2, 0) is 9.47 Å². The van der Waals surface area contributed by atoms with Crippen LogP contribution in [0, 0.1) is 12.8 Å². The first-order valence-electron chi connectivity index (χ1n) is 11.4. The Bertz CT molecular complexity index is 1010. The molecule has 182 valence electrons. The minimum Gasteiger partial charge on any atom is -0.444 e. The number of nitrogens with zero attached hydrogens (tertiary/aromatic N) is 4. The Labute approximate surface area is 191 Å². The lowest BCUT2D eigenvalue weighted by Crippen LogP contribution is -2.45. The van der Waals surface area contributed by atoms with E-state index in [0.29, 0.717) is 38.2 Å². The predicted octanol–water partition coefficient (Wildman–Crippen LogP) is 5.18. The molecular formula is C23H31F3N4O3. The van der Waals surface area contributed by atoms with Gasteiger partial charge in [-0.3, -0.25) is 0 Å². The molecule has 1 aliphatic heterocycles. The highest BCUT2D eigenvalue weighted by molar-refractivity contribution is 5.68. The number of carbonyl (C=O) groups excluding carboxylic acids is 1. The van der Waals surface area contributed by atoms with Gasteiger partial charge in [-0.1, -0.05) is 0 Å². The minimum atomic E-state index is -4.13. The number of aromatic nitrogens is 3. The topological polar surface area (TPSA) is 69.0 Å². The first-order chi connectivity index (χ1) is 15.4. The van der Waals surface area contributed by atoms with Gasteiger partial charge in [0.05, 0.1) is 30.5 Å². The smallest absolute Gasteiger partial charge is 0.410 e. The third-order valence-corrected chi connectivity index (χ3v) is 6.26. The van der Waals surface area contributed by atoms with Crippen LogP contribution >= 0.6 is 0 Å². The highest BCUT2D eigenvalue weighted by Gasteiger charge is 2.42. The summed E-state index contributed by atoms with van der Waals surface area (Å²) in [6.07, 6.45) is -3.78. The van der Waals surface area contributed by atoms with Gasteiger partial charge in [0.25, 0.3) is 0 Å². The van der Waals surface area contributed by atoms with Crippen molar-refractivity contribution in [3.8, 4) is 0 Å². The van der Waals surface area contributed by atoms with Crippen LogP contribution in [-0.4, -0.2) is 57.1 Å². The van der Waals surface area contributed by atoms with E-state index in [2.05, 4.69) is 4.98 Å². The number of carbonyl (C=O) groups is 1. The molecule has 1 saturated heterocycles. The maximum absolute atomic E-state index is 13.0. The Morgan fingerprint density at radius 1 is 1.15 bits per heavy atom. The average Bonchev–Trinajstić information content (AvgIpc) is 3.15. The number of aryl methyl sites for hydroxylation is 1. The van der Waals surface area contributed by atoms with Crippen LogP contribution in [0.5, 0.6) is 0 Å². The highest BCUT2D eigenvalue weighted by Crippen LogP contribution is 2.42. The van der Waals surface area contributed by atoms with Crippen molar-refractivity contribution in [1.29, 1.82) is 0 Å².